The van der Waals surface area contributed by atoms with Gasteiger partial charge in [-0.25, -0.2) is 4.98 Å². The highest BCUT2D eigenvalue weighted by atomic mass is 127. The highest BCUT2D eigenvalue weighted by Gasteiger charge is 2.33. The van der Waals surface area contributed by atoms with Crippen molar-refractivity contribution in [2.24, 2.45) is 4.99 Å². The standard InChI is InChI=1S/C18H22F3N5OS2.HI/c1-22-17(23-6-2-15-25-14(11-29-15)18(19,20)21)24-7-3-16(27)26-8-4-13-12(10-26)5-9-28-13;/h5,9,11H,2-4,6-8,10H2,1H3,(H2,22,23,24);1H. The molecule has 0 aromatic carbocycles. The normalized spacial score (nSPS) is 14.1. The highest BCUT2D eigenvalue weighted by molar-refractivity contribution is 14.0. The molecule has 1 aliphatic rings. The van der Waals surface area contributed by atoms with E-state index in [1.54, 1.807) is 18.4 Å². The van der Waals surface area contributed by atoms with Gasteiger partial charge in [0, 0.05) is 56.3 Å². The monoisotopic (exact) mass is 573 g/mol. The zero-order valence-corrected chi connectivity index (χ0v) is 20.3. The quantitative estimate of drug-likeness (QED) is 0.316. The molecular formula is C18H23F3IN5OS2. The van der Waals surface area contributed by atoms with Crippen LogP contribution in [0.5, 0.6) is 0 Å². The number of halogens is 4. The molecule has 0 atom stereocenters. The summed E-state index contributed by atoms with van der Waals surface area (Å²) in [6.45, 7) is 2.23. The van der Waals surface area contributed by atoms with Crippen LogP contribution in [0.1, 0.15) is 27.6 Å². The van der Waals surface area contributed by atoms with Crippen LogP contribution in [0.25, 0.3) is 0 Å². The Morgan fingerprint density at radius 1 is 1.30 bits per heavy atom. The molecule has 3 rings (SSSR count). The number of aliphatic imine (C=N–C) groups is 1. The van der Waals surface area contributed by atoms with Gasteiger partial charge in [0.25, 0.3) is 0 Å². The Hall–Kier alpha value is -1.41. The van der Waals surface area contributed by atoms with Crippen LogP contribution in [0, 0.1) is 0 Å². The fraction of sp³-hybridized carbons (Fsp3) is 0.500. The fourth-order valence-corrected chi connectivity index (χ4v) is 4.67. The van der Waals surface area contributed by atoms with Crippen LogP contribution in [-0.2, 0) is 30.4 Å². The number of thiazole rings is 1. The van der Waals surface area contributed by atoms with E-state index in [1.807, 2.05) is 4.90 Å². The van der Waals surface area contributed by atoms with Gasteiger partial charge in [-0.3, -0.25) is 9.79 Å². The fourth-order valence-electron chi connectivity index (χ4n) is 2.97. The van der Waals surface area contributed by atoms with E-state index in [-0.39, 0.29) is 29.9 Å². The molecule has 0 bridgehead atoms. The Labute approximate surface area is 198 Å². The third-order valence-electron chi connectivity index (χ3n) is 4.49. The minimum absolute atomic E-state index is 0. The Balaban J connectivity index is 0.00000320. The number of nitrogens with zero attached hydrogens (tertiary/aromatic N) is 3. The molecule has 0 fully saturated rings. The van der Waals surface area contributed by atoms with Crippen molar-refractivity contribution in [2.45, 2.75) is 32.0 Å². The number of rotatable bonds is 6. The van der Waals surface area contributed by atoms with Gasteiger partial charge >= 0.3 is 6.18 Å². The third-order valence-corrected chi connectivity index (χ3v) is 6.42. The number of hydrogen-bond acceptors (Lipinski definition) is 5. The van der Waals surface area contributed by atoms with Gasteiger partial charge in [0.05, 0.1) is 5.01 Å². The van der Waals surface area contributed by atoms with Crippen LogP contribution >= 0.6 is 46.7 Å². The summed E-state index contributed by atoms with van der Waals surface area (Å²) in [7, 11) is 1.60. The van der Waals surface area contributed by atoms with E-state index in [2.05, 4.69) is 32.1 Å². The molecule has 0 unspecified atom stereocenters. The smallest absolute Gasteiger partial charge is 0.356 e. The summed E-state index contributed by atoms with van der Waals surface area (Å²) >= 11 is 2.73. The SMILES string of the molecule is CN=C(NCCC(=O)N1CCc2sccc2C1)NCCc1nc(C(F)(F)F)cs1.I. The largest absolute Gasteiger partial charge is 0.434 e. The van der Waals surface area contributed by atoms with Crippen molar-refractivity contribution in [3.63, 3.8) is 0 Å². The average Bonchev–Trinajstić information content (AvgIpc) is 3.35. The lowest BCUT2D eigenvalue weighted by molar-refractivity contribution is -0.140. The number of amides is 1. The van der Waals surface area contributed by atoms with Crippen molar-refractivity contribution in [1.82, 2.24) is 20.5 Å². The van der Waals surface area contributed by atoms with Crippen LogP contribution in [0.2, 0.25) is 0 Å². The zero-order chi connectivity index (χ0) is 20.9. The number of hydrogen-bond donors (Lipinski definition) is 2. The first-order valence-electron chi connectivity index (χ1n) is 9.16. The predicted octanol–water partition coefficient (Wildman–Crippen LogP) is 3.52. The number of aromatic nitrogens is 1. The molecule has 6 nitrogen and oxygen atoms in total. The molecule has 3 heterocycles. The van der Waals surface area contributed by atoms with E-state index >= 15 is 0 Å². The summed E-state index contributed by atoms with van der Waals surface area (Å²) in [5.41, 5.74) is 0.377. The minimum atomic E-state index is -4.41. The van der Waals surface area contributed by atoms with Crippen molar-refractivity contribution >= 4 is 58.5 Å². The maximum absolute atomic E-state index is 12.6. The highest BCUT2D eigenvalue weighted by Crippen LogP contribution is 2.30. The van der Waals surface area contributed by atoms with Crippen molar-refractivity contribution in [2.75, 3.05) is 26.7 Å². The van der Waals surface area contributed by atoms with Crippen LogP contribution in [0.3, 0.4) is 0 Å². The van der Waals surface area contributed by atoms with Gasteiger partial charge in [0.1, 0.15) is 0 Å². The van der Waals surface area contributed by atoms with Crippen molar-refractivity contribution in [3.8, 4) is 0 Å². The van der Waals surface area contributed by atoms with Gasteiger partial charge in [-0.05, 0) is 23.4 Å². The lowest BCUT2D eigenvalue weighted by Gasteiger charge is -2.27. The van der Waals surface area contributed by atoms with E-state index in [1.165, 1.54) is 10.4 Å². The van der Waals surface area contributed by atoms with Gasteiger partial charge in [0.2, 0.25) is 5.91 Å². The van der Waals surface area contributed by atoms with E-state index in [0.29, 0.717) is 43.4 Å². The average molecular weight is 573 g/mol. The number of carbonyl (C=O) groups excluding carboxylic acids is 1. The summed E-state index contributed by atoms with van der Waals surface area (Å²) in [4.78, 5) is 23.3. The number of nitrogens with one attached hydrogen (secondary N) is 2. The molecule has 0 radical (unpaired) electrons. The molecular weight excluding hydrogens is 550 g/mol. The van der Waals surface area contributed by atoms with E-state index < -0.39 is 11.9 Å². The van der Waals surface area contributed by atoms with Crippen LogP contribution in [0.4, 0.5) is 13.2 Å². The van der Waals surface area contributed by atoms with Crippen molar-refractivity contribution < 1.29 is 18.0 Å². The molecule has 2 aromatic heterocycles. The van der Waals surface area contributed by atoms with Crippen LogP contribution < -0.4 is 10.6 Å². The van der Waals surface area contributed by atoms with Gasteiger partial charge < -0.3 is 15.5 Å². The van der Waals surface area contributed by atoms with Gasteiger partial charge in [-0.2, -0.15) is 13.2 Å². The molecule has 0 saturated carbocycles. The van der Waals surface area contributed by atoms with E-state index in [4.69, 9.17) is 0 Å². The Morgan fingerprint density at radius 2 is 2.07 bits per heavy atom. The molecule has 2 aromatic rings. The topological polar surface area (TPSA) is 69.6 Å². The molecule has 12 heteroatoms. The molecule has 166 valence electrons. The van der Waals surface area contributed by atoms with E-state index in [9.17, 15) is 18.0 Å². The molecule has 30 heavy (non-hydrogen) atoms. The molecule has 1 amide bonds. The number of fused-ring (bicyclic) bond motifs is 1. The molecule has 2 N–H and O–H groups in total. The maximum atomic E-state index is 12.6. The number of thiophene rings is 1. The van der Waals surface area contributed by atoms with Gasteiger partial charge in [-0.15, -0.1) is 46.7 Å². The van der Waals surface area contributed by atoms with Gasteiger partial charge in [0.15, 0.2) is 11.7 Å². The molecule has 1 aliphatic heterocycles. The van der Waals surface area contributed by atoms with Crippen LogP contribution in [-0.4, -0.2) is 48.4 Å². The third kappa shape index (κ3) is 6.80. The second-order valence-electron chi connectivity index (χ2n) is 6.48. The predicted molar refractivity (Wildman–Crippen MR) is 124 cm³/mol. The zero-order valence-electron chi connectivity index (χ0n) is 16.3. The van der Waals surface area contributed by atoms with E-state index in [0.717, 1.165) is 29.7 Å². The maximum Gasteiger partial charge on any atom is 0.434 e. The Morgan fingerprint density at radius 3 is 2.77 bits per heavy atom. The Bertz CT molecular complexity index is 868. The first-order valence-corrected chi connectivity index (χ1v) is 10.9. The number of alkyl halides is 3. The summed E-state index contributed by atoms with van der Waals surface area (Å²) in [6.07, 6.45) is -2.80. The van der Waals surface area contributed by atoms with Crippen molar-refractivity contribution in [3.05, 3.63) is 38.0 Å². The first-order chi connectivity index (χ1) is 13.9. The first kappa shape index (κ1) is 24.9. The Kier molecular flexibility index (Phi) is 9.34. The molecule has 0 aliphatic carbocycles. The molecule has 0 spiro atoms. The second kappa shape index (κ2) is 11.3. The lowest BCUT2D eigenvalue weighted by Crippen LogP contribution is -2.41. The minimum Gasteiger partial charge on any atom is -0.356 e. The van der Waals surface area contributed by atoms with Crippen LogP contribution in [0.15, 0.2) is 21.8 Å². The molecule has 0 saturated heterocycles. The summed E-state index contributed by atoms with van der Waals surface area (Å²) in [5, 5.41) is 9.59. The number of guanidine groups is 1. The lowest BCUT2D eigenvalue weighted by atomic mass is 10.1. The van der Waals surface area contributed by atoms with Crippen molar-refractivity contribution in [1.29, 1.82) is 0 Å². The summed E-state index contributed by atoms with van der Waals surface area (Å²) in [6, 6.07) is 2.07. The summed E-state index contributed by atoms with van der Waals surface area (Å²) in [5.74, 6) is 0.594. The second-order valence-corrected chi connectivity index (χ2v) is 8.43. The number of carbonyl (C=O) groups is 1. The van der Waals surface area contributed by atoms with Gasteiger partial charge in [-0.1, -0.05) is 0 Å². The summed E-state index contributed by atoms with van der Waals surface area (Å²) < 4.78 is 37.7.